The van der Waals surface area contributed by atoms with Crippen molar-refractivity contribution in [2.45, 2.75) is 6.29 Å². The first-order chi connectivity index (χ1) is 12.2. The number of benzene rings is 1. The number of hydrogen-bond acceptors (Lipinski definition) is 9. The van der Waals surface area contributed by atoms with E-state index in [1.165, 1.54) is 17.2 Å². The number of allylic oxidation sites excluding steroid dienone is 1. The van der Waals surface area contributed by atoms with Gasteiger partial charge in [0, 0.05) is 42.5 Å². The largest absolute Gasteiger partial charge is 0.287 e. The maximum Gasteiger partial charge on any atom is 0.270 e. The van der Waals surface area contributed by atoms with E-state index in [-0.39, 0.29) is 5.69 Å². The number of aliphatic imine (C=N–C) groups is 1. The molecular weight excluding hydrogens is 326 g/mol. The molecule has 0 saturated heterocycles. The van der Waals surface area contributed by atoms with Crippen LogP contribution in [0.3, 0.4) is 0 Å². The van der Waals surface area contributed by atoms with Gasteiger partial charge in [0.1, 0.15) is 0 Å². The third-order valence-electron chi connectivity index (χ3n) is 3.53. The molecule has 0 radical (unpaired) electrons. The highest BCUT2D eigenvalue weighted by atomic mass is 16.8. The number of non-ortho nitro benzene ring substituents is 1. The molecule has 10 heteroatoms. The first-order valence-corrected chi connectivity index (χ1v) is 7.28. The maximum absolute atomic E-state index is 11.0. The van der Waals surface area contributed by atoms with Crippen molar-refractivity contribution in [2.75, 3.05) is 5.06 Å². The predicted octanol–water partition coefficient (Wildman–Crippen LogP) is 1.68. The van der Waals surface area contributed by atoms with Crippen molar-refractivity contribution in [3.8, 4) is 0 Å². The van der Waals surface area contributed by atoms with Gasteiger partial charge in [0.05, 0.1) is 4.92 Å². The topological polar surface area (TPSA) is 109 Å². The number of hydroxylamine groups is 1. The summed E-state index contributed by atoms with van der Waals surface area (Å²) in [5, 5.41) is 16.4. The first kappa shape index (κ1) is 14.8. The Morgan fingerprint density at radius 3 is 2.84 bits per heavy atom. The Balaban J connectivity index is 1.74. The summed E-state index contributed by atoms with van der Waals surface area (Å²) in [4.78, 5) is 30.3. The van der Waals surface area contributed by atoms with Gasteiger partial charge < -0.3 is 0 Å². The third-order valence-corrected chi connectivity index (χ3v) is 3.53. The number of oxime groups is 1. The number of rotatable bonds is 3. The molecule has 1 aromatic carbocycles. The molecule has 2 aliphatic rings. The van der Waals surface area contributed by atoms with Gasteiger partial charge in [-0.1, -0.05) is 12.1 Å². The zero-order chi connectivity index (χ0) is 17.2. The molecule has 0 N–H and O–H groups in total. The molecule has 0 fully saturated rings. The van der Waals surface area contributed by atoms with Gasteiger partial charge in [-0.05, 0) is 17.3 Å². The van der Waals surface area contributed by atoms with Crippen molar-refractivity contribution < 1.29 is 9.86 Å². The van der Waals surface area contributed by atoms with Gasteiger partial charge in [-0.2, -0.15) is 0 Å². The van der Waals surface area contributed by atoms with Crippen LogP contribution in [0.2, 0.25) is 0 Å². The van der Waals surface area contributed by atoms with Gasteiger partial charge >= 0.3 is 0 Å². The Hall–Kier alpha value is -3.82. The second kappa shape index (κ2) is 6.00. The van der Waals surface area contributed by atoms with Crippen LogP contribution in [0, 0.1) is 10.1 Å². The van der Waals surface area contributed by atoms with Crippen LogP contribution in [0.5, 0.6) is 0 Å². The lowest BCUT2D eigenvalue weighted by atomic mass is 10.1. The average molecular weight is 337 g/mol. The maximum atomic E-state index is 11.0. The molecule has 2 aromatic rings. The summed E-state index contributed by atoms with van der Waals surface area (Å²) in [7, 11) is 0. The van der Waals surface area contributed by atoms with Crippen LogP contribution in [-0.4, -0.2) is 38.1 Å². The lowest BCUT2D eigenvalue weighted by Gasteiger charge is -2.38. The third kappa shape index (κ3) is 2.65. The van der Waals surface area contributed by atoms with Crippen molar-refractivity contribution in [3.63, 3.8) is 0 Å². The molecule has 1 aromatic heterocycles. The van der Waals surface area contributed by atoms with E-state index < -0.39 is 11.2 Å². The number of anilines is 1. The number of aromatic nitrogens is 2. The predicted molar refractivity (Wildman–Crippen MR) is 88.5 cm³/mol. The Morgan fingerprint density at radius 2 is 2.04 bits per heavy atom. The summed E-state index contributed by atoms with van der Waals surface area (Å²) in [6, 6.07) is 7.84. The minimum absolute atomic E-state index is 0.0323. The summed E-state index contributed by atoms with van der Waals surface area (Å²) < 4.78 is 0. The Morgan fingerprint density at radius 1 is 1.20 bits per heavy atom. The molecule has 25 heavy (non-hydrogen) atoms. The monoisotopic (exact) mass is 337 g/mol. The Kier molecular flexibility index (Phi) is 3.54. The van der Waals surface area contributed by atoms with Crippen molar-refractivity contribution in [2.24, 2.45) is 10.1 Å². The molecule has 0 spiro atoms. The SMILES string of the molecule is O=[N+]([O-])c1cccc(C2=NON(c3ncccn3)[C@@H]3N=CC=CN23)c1. The summed E-state index contributed by atoms with van der Waals surface area (Å²) in [5.74, 6) is 0.695. The molecule has 0 aliphatic carbocycles. The highest BCUT2D eigenvalue weighted by molar-refractivity contribution is 6.00. The Bertz CT molecular complexity index is 897. The van der Waals surface area contributed by atoms with Crippen molar-refractivity contribution in [1.29, 1.82) is 0 Å². The van der Waals surface area contributed by atoms with Crippen LogP contribution in [0.25, 0.3) is 0 Å². The lowest BCUT2D eigenvalue weighted by Crippen LogP contribution is -2.52. The highest BCUT2D eigenvalue weighted by Crippen LogP contribution is 2.26. The fraction of sp³-hybridized carbons (Fsp3) is 0.0667. The second-order valence-electron chi connectivity index (χ2n) is 5.07. The van der Waals surface area contributed by atoms with Crippen LogP contribution in [0.4, 0.5) is 11.6 Å². The molecule has 0 saturated carbocycles. The Labute approximate surface area is 141 Å². The van der Waals surface area contributed by atoms with Gasteiger partial charge in [-0.25, -0.2) is 15.0 Å². The van der Waals surface area contributed by atoms with E-state index in [1.807, 2.05) is 0 Å². The summed E-state index contributed by atoms with van der Waals surface area (Å²) >= 11 is 0. The summed E-state index contributed by atoms with van der Waals surface area (Å²) in [6.45, 7) is 0. The summed E-state index contributed by atoms with van der Waals surface area (Å²) in [5.41, 5.74) is 0.504. The number of nitro benzene ring substituents is 1. The van der Waals surface area contributed by atoms with Crippen molar-refractivity contribution in [1.82, 2.24) is 14.9 Å². The van der Waals surface area contributed by atoms with Gasteiger partial charge in [-0.15, -0.1) is 5.06 Å². The number of nitro groups is 1. The van der Waals surface area contributed by atoms with Crippen molar-refractivity contribution >= 4 is 23.7 Å². The van der Waals surface area contributed by atoms with E-state index in [0.29, 0.717) is 17.3 Å². The minimum Gasteiger partial charge on any atom is -0.287 e. The number of nitrogens with zero attached hydrogens (tertiary/aromatic N) is 7. The molecule has 0 unspecified atom stereocenters. The molecule has 1 atom stereocenters. The lowest BCUT2D eigenvalue weighted by molar-refractivity contribution is -0.384. The van der Waals surface area contributed by atoms with Crippen LogP contribution in [0.15, 0.2) is 65.1 Å². The van der Waals surface area contributed by atoms with Crippen molar-refractivity contribution in [3.05, 3.63) is 70.7 Å². The molecule has 4 rings (SSSR count). The van der Waals surface area contributed by atoms with Gasteiger partial charge in [-0.3, -0.25) is 20.0 Å². The zero-order valence-electron chi connectivity index (χ0n) is 12.7. The smallest absolute Gasteiger partial charge is 0.270 e. The number of fused-ring (bicyclic) bond motifs is 1. The van der Waals surface area contributed by atoms with E-state index in [2.05, 4.69) is 20.1 Å². The fourth-order valence-corrected chi connectivity index (χ4v) is 2.44. The molecule has 0 bridgehead atoms. The van der Waals surface area contributed by atoms with Crippen LogP contribution in [-0.2, 0) is 4.94 Å². The molecular formula is C15H11N7O3. The number of hydrogen-bond donors (Lipinski definition) is 0. The van der Waals surface area contributed by atoms with Crippen LogP contribution >= 0.6 is 0 Å². The molecule has 124 valence electrons. The van der Waals surface area contributed by atoms with E-state index in [0.717, 1.165) is 0 Å². The van der Waals surface area contributed by atoms with Crippen LogP contribution < -0.4 is 5.06 Å². The second-order valence-corrected chi connectivity index (χ2v) is 5.07. The average Bonchev–Trinajstić information content (AvgIpc) is 2.68. The van der Waals surface area contributed by atoms with E-state index >= 15 is 0 Å². The highest BCUT2D eigenvalue weighted by Gasteiger charge is 2.36. The standard InChI is InChI=1S/C15H11N7O3/c23-22(24)12-5-1-4-11(10-12)13-19-25-21(14-16-6-2-7-17-14)15-18-8-3-9-20(13)15/h1-10,15H/t15-/m1/s1. The zero-order valence-corrected chi connectivity index (χ0v) is 12.7. The van der Waals surface area contributed by atoms with E-state index in [4.69, 9.17) is 4.94 Å². The van der Waals surface area contributed by atoms with Gasteiger partial charge in [0.15, 0.2) is 5.84 Å². The van der Waals surface area contributed by atoms with Gasteiger partial charge in [0.25, 0.3) is 11.6 Å². The van der Waals surface area contributed by atoms with E-state index in [9.17, 15) is 10.1 Å². The molecule has 3 heterocycles. The first-order valence-electron chi connectivity index (χ1n) is 7.28. The quantitative estimate of drug-likeness (QED) is 0.619. The van der Waals surface area contributed by atoms with Gasteiger partial charge in [0.2, 0.25) is 6.29 Å². The molecule has 0 amide bonds. The fourth-order valence-electron chi connectivity index (χ4n) is 2.44. The molecule has 2 aliphatic heterocycles. The normalized spacial score (nSPS) is 18.4. The van der Waals surface area contributed by atoms with E-state index in [1.54, 1.807) is 54.0 Å². The number of amidine groups is 1. The summed E-state index contributed by atoms with van der Waals surface area (Å²) in [6.07, 6.45) is 7.67. The minimum atomic E-state index is -0.612. The van der Waals surface area contributed by atoms with Crippen LogP contribution in [0.1, 0.15) is 5.56 Å². The molecule has 10 nitrogen and oxygen atoms in total.